The molecule has 0 spiro atoms. The van der Waals surface area contributed by atoms with Crippen molar-refractivity contribution in [2.24, 2.45) is 0 Å². The van der Waals surface area contributed by atoms with Gasteiger partial charge >= 0.3 is 12.1 Å². The summed E-state index contributed by atoms with van der Waals surface area (Å²) in [7, 11) is -3.01. The van der Waals surface area contributed by atoms with Crippen LogP contribution >= 0.6 is 0 Å². The first kappa shape index (κ1) is 24.2. The molecule has 1 aliphatic heterocycles. The number of nitrogens with one attached hydrogen (secondary N) is 1. The Kier molecular flexibility index (Phi) is 6.15. The number of hydrogen-bond acceptors (Lipinski definition) is 8. The molecule has 10 nitrogen and oxygen atoms in total. The summed E-state index contributed by atoms with van der Waals surface area (Å²) in [6.07, 6.45) is 5.05. The zero-order valence-corrected chi connectivity index (χ0v) is 21.4. The maximum absolute atomic E-state index is 12.4. The number of fused-ring (bicyclic) bond motifs is 1. The first-order valence-electron chi connectivity index (χ1n) is 12.5. The summed E-state index contributed by atoms with van der Waals surface area (Å²) in [4.78, 5) is 20.6. The number of sulfone groups is 1. The largest absolute Gasteiger partial charge is 0.446 e. The average molecular weight is 534 g/mol. The van der Waals surface area contributed by atoms with Gasteiger partial charge in [-0.3, -0.25) is 5.32 Å². The predicted octanol–water partition coefficient (Wildman–Crippen LogP) is 4.93. The zero-order chi connectivity index (χ0) is 26.3. The van der Waals surface area contributed by atoms with Crippen LogP contribution in [0.4, 0.5) is 16.2 Å². The normalized spacial score (nSPS) is 17.3. The van der Waals surface area contributed by atoms with Crippen molar-refractivity contribution < 1.29 is 22.7 Å². The van der Waals surface area contributed by atoms with E-state index in [9.17, 15) is 13.2 Å². The predicted molar refractivity (Wildman–Crippen MR) is 144 cm³/mol. The molecule has 1 amide bonds. The van der Waals surface area contributed by atoms with Crippen molar-refractivity contribution in [1.82, 2.24) is 14.5 Å². The third kappa shape index (κ3) is 5.01. The Morgan fingerprint density at radius 2 is 1.71 bits per heavy atom. The molecular formula is C27H27N5O5S. The van der Waals surface area contributed by atoms with Gasteiger partial charge in [-0.2, -0.15) is 0 Å². The highest BCUT2D eigenvalue weighted by atomic mass is 32.2. The topological polar surface area (TPSA) is 138 Å². The fraction of sp³-hybridized carbons (Fsp3) is 0.296. The molecule has 4 aromatic rings. The van der Waals surface area contributed by atoms with Gasteiger partial charge in [0, 0.05) is 41.1 Å². The lowest BCUT2D eigenvalue weighted by molar-refractivity contribution is 0.104. The van der Waals surface area contributed by atoms with Crippen LogP contribution in [0.5, 0.6) is 11.8 Å². The van der Waals surface area contributed by atoms with Crippen LogP contribution in [-0.2, 0) is 14.6 Å². The summed E-state index contributed by atoms with van der Waals surface area (Å²) in [6, 6.07) is 15.6. The average Bonchev–Trinajstić information content (AvgIpc) is 3.70. The minimum absolute atomic E-state index is 0.0453. The highest BCUT2D eigenvalue weighted by Gasteiger charge is 2.30. The third-order valence-corrected chi connectivity index (χ3v) is 8.57. The first-order valence-corrected chi connectivity index (χ1v) is 14.4. The van der Waals surface area contributed by atoms with Gasteiger partial charge in [-0.1, -0.05) is 12.1 Å². The molecular weight excluding hydrogens is 506 g/mol. The fourth-order valence-corrected chi connectivity index (χ4v) is 6.27. The van der Waals surface area contributed by atoms with Crippen LogP contribution < -0.4 is 15.8 Å². The highest BCUT2D eigenvalue weighted by Crippen LogP contribution is 2.47. The molecule has 0 atom stereocenters. The van der Waals surface area contributed by atoms with Crippen LogP contribution in [0.15, 0.2) is 60.9 Å². The molecule has 3 N–H and O–H groups in total. The molecule has 2 aliphatic rings. The van der Waals surface area contributed by atoms with Gasteiger partial charge in [0.2, 0.25) is 0 Å². The van der Waals surface area contributed by atoms with Gasteiger partial charge in [-0.25, -0.2) is 23.2 Å². The number of nitrogen functional groups attached to an aromatic ring is 1. The molecule has 3 heterocycles. The van der Waals surface area contributed by atoms with Gasteiger partial charge in [0.05, 0.1) is 28.4 Å². The number of nitrogens with zero attached hydrogens (tertiary/aromatic N) is 3. The second-order valence-electron chi connectivity index (χ2n) is 9.63. The second kappa shape index (κ2) is 9.64. The molecule has 2 aromatic carbocycles. The summed E-state index contributed by atoms with van der Waals surface area (Å²) in [5, 5.41) is 3.67. The van der Waals surface area contributed by atoms with E-state index in [2.05, 4.69) is 19.9 Å². The van der Waals surface area contributed by atoms with Crippen LogP contribution in [0.3, 0.4) is 0 Å². The van der Waals surface area contributed by atoms with Gasteiger partial charge < -0.3 is 19.8 Å². The van der Waals surface area contributed by atoms with Crippen molar-refractivity contribution in [2.75, 3.05) is 22.6 Å². The number of hydrogen-bond donors (Lipinski definition) is 2. The quantitative estimate of drug-likeness (QED) is 0.356. The van der Waals surface area contributed by atoms with Crippen LogP contribution in [0.1, 0.15) is 31.7 Å². The van der Waals surface area contributed by atoms with Gasteiger partial charge in [-0.05, 0) is 56.0 Å². The molecule has 196 valence electrons. The minimum atomic E-state index is -3.01. The van der Waals surface area contributed by atoms with Gasteiger partial charge in [0.15, 0.2) is 9.84 Å². The van der Waals surface area contributed by atoms with E-state index in [1.165, 1.54) is 0 Å². The Morgan fingerprint density at radius 3 is 2.39 bits per heavy atom. The maximum Gasteiger partial charge on any atom is 0.411 e. The fourth-order valence-electron chi connectivity index (χ4n) is 4.83. The molecule has 0 bridgehead atoms. The zero-order valence-electron chi connectivity index (χ0n) is 20.5. The lowest BCUT2D eigenvalue weighted by atomic mass is 10.1. The van der Waals surface area contributed by atoms with Crippen molar-refractivity contribution >= 4 is 38.2 Å². The van der Waals surface area contributed by atoms with E-state index < -0.39 is 22.0 Å². The summed E-state index contributed by atoms with van der Waals surface area (Å²) in [5.74, 6) is 0.719. The summed E-state index contributed by atoms with van der Waals surface area (Å²) >= 11 is 0. The highest BCUT2D eigenvalue weighted by molar-refractivity contribution is 7.91. The van der Waals surface area contributed by atoms with Gasteiger partial charge in [0.1, 0.15) is 11.9 Å². The molecule has 1 aliphatic carbocycles. The maximum atomic E-state index is 12.4. The smallest absolute Gasteiger partial charge is 0.411 e. The number of rotatable bonds is 6. The second-order valence-corrected chi connectivity index (χ2v) is 11.9. The number of carbonyl (C=O) groups excluding carboxylic acids is 1. The standard InChI is InChI=1S/C27H27N5O5S/c28-24-22-9-8-21(36-26-29-12-1-13-30-26)16-23(22)32(19-6-7-19)25(24)17-2-4-18(5-3-17)31-27(33)37-20-10-14-38(34,35)15-11-20/h1-5,8-9,12-13,16,19-20H,6-7,10-11,14-15,28H2,(H,31,33). The first-order chi connectivity index (χ1) is 18.4. The Morgan fingerprint density at radius 1 is 1.00 bits per heavy atom. The van der Waals surface area contributed by atoms with Gasteiger partial charge in [0.25, 0.3) is 0 Å². The van der Waals surface area contributed by atoms with Crippen LogP contribution in [0, 0.1) is 0 Å². The number of aromatic nitrogens is 3. The van der Waals surface area contributed by atoms with E-state index in [1.54, 1.807) is 30.6 Å². The monoisotopic (exact) mass is 533 g/mol. The van der Waals surface area contributed by atoms with Crippen molar-refractivity contribution in [2.45, 2.75) is 37.8 Å². The summed E-state index contributed by atoms with van der Waals surface area (Å²) < 4.78 is 36.7. The van der Waals surface area contributed by atoms with Gasteiger partial charge in [-0.15, -0.1) is 0 Å². The molecule has 38 heavy (non-hydrogen) atoms. The molecule has 1 saturated heterocycles. The molecule has 2 fully saturated rings. The molecule has 0 unspecified atom stereocenters. The Hall–Kier alpha value is -4.12. The Balaban J connectivity index is 1.22. The summed E-state index contributed by atoms with van der Waals surface area (Å²) in [5.41, 5.74) is 10.8. The van der Waals surface area contributed by atoms with Crippen molar-refractivity contribution in [3.63, 3.8) is 0 Å². The van der Waals surface area contributed by atoms with Crippen molar-refractivity contribution in [1.29, 1.82) is 0 Å². The van der Waals surface area contributed by atoms with Crippen LogP contribution in [0.2, 0.25) is 0 Å². The lowest BCUT2D eigenvalue weighted by Gasteiger charge is -2.22. The van der Waals surface area contributed by atoms with E-state index in [4.69, 9.17) is 15.2 Å². The molecule has 11 heteroatoms. The number of benzene rings is 2. The van der Waals surface area contributed by atoms with Crippen molar-refractivity contribution in [3.8, 4) is 23.0 Å². The summed E-state index contributed by atoms with van der Waals surface area (Å²) in [6.45, 7) is 0. The van der Waals surface area contributed by atoms with Crippen LogP contribution in [0.25, 0.3) is 22.2 Å². The number of ether oxygens (including phenoxy) is 2. The number of amides is 1. The Bertz CT molecular complexity index is 1580. The van der Waals surface area contributed by atoms with E-state index in [-0.39, 0.29) is 17.5 Å². The molecule has 1 saturated carbocycles. The van der Waals surface area contributed by atoms with E-state index >= 15 is 0 Å². The van der Waals surface area contributed by atoms with E-state index in [0.717, 1.165) is 35.0 Å². The number of anilines is 2. The molecule has 6 rings (SSSR count). The van der Waals surface area contributed by atoms with Crippen LogP contribution in [-0.4, -0.2) is 46.7 Å². The minimum Gasteiger partial charge on any atom is -0.446 e. The Labute approximate surface area is 219 Å². The number of carbonyl (C=O) groups is 1. The molecule has 2 aromatic heterocycles. The number of nitrogens with two attached hydrogens (primary N) is 1. The van der Waals surface area contributed by atoms with E-state index in [0.29, 0.717) is 36.0 Å². The van der Waals surface area contributed by atoms with E-state index in [1.807, 2.05) is 30.3 Å². The van der Waals surface area contributed by atoms with Crippen molar-refractivity contribution in [3.05, 3.63) is 60.9 Å². The lowest BCUT2D eigenvalue weighted by Crippen LogP contribution is -2.31. The SMILES string of the molecule is Nc1c(-c2ccc(NC(=O)OC3CCS(=O)(=O)CC3)cc2)n(C2CC2)c2cc(Oc3ncccn3)ccc12. The molecule has 0 radical (unpaired) electrons. The third-order valence-electron chi connectivity index (χ3n) is 6.86.